The first-order valence-electron chi connectivity index (χ1n) is 22.6. The molecule has 344 valence electrons. The van der Waals surface area contributed by atoms with Crippen LogP contribution >= 0.6 is 0 Å². The van der Waals surface area contributed by atoms with Crippen molar-refractivity contribution >= 4 is 43.6 Å². The summed E-state index contributed by atoms with van der Waals surface area (Å²) in [5.74, 6) is -12.0. The van der Waals surface area contributed by atoms with Crippen LogP contribution in [-0.4, -0.2) is 9.13 Å². The first-order valence-corrected chi connectivity index (χ1v) is 22.6. The summed E-state index contributed by atoms with van der Waals surface area (Å²) >= 11 is 0. The molecule has 2 aromatic heterocycles. The number of halogens is 8. The van der Waals surface area contributed by atoms with E-state index < -0.39 is 52.0 Å². The van der Waals surface area contributed by atoms with E-state index in [0.717, 1.165) is 56.6 Å². The molecule has 0 bridgehead atoms. The predicted molar refractivity (Wildman–Crippen MR) is 267 cm³/mol. The van der Waals surface area contributed by atoms with Gasteiger partial charge in [-0.15, -0.1) is 0 Å². The summed E-state index contributed by atoms with van der Waals surface area (Å²) in [5, 5.41) is 2.74. The van der Waals surface area contributed by atoms with Gasteiger partial charge >= 0.3 is 6.18 Å². The number of alkyl halides is 3. The van der Waals surface area contributed by atoms with Crippen LogP contribution in [0.2, 0.25) is 0 Å². The van der Waals surface area contributed by atoms with Crippen LogP contribution in [0.15, 0.2) is 206 Å². The van der Waals surface area contributed by atoms with Gasteiger partial charge in [-0.3, -0.25) is 0 Å². The van der Waals surface area contributed by atoms with Gasteiger partial charge in [-0.25, -0.2) is 22.0 Å². The lowest BCUT2D eigenvalue weighted by Gasteiger charge is -2.23. The molecular formula is C61H34F8N2. The van der Waals surface area contributed by atoms with Crippen LogP contribution in [0.1, 0.15) is 5.56 Å². The third-order valence-corrected chi connectivity index (χ3v) is 13.3. The van der Waals surface area contributed by atoms with Crippen LogP contribution in [-0.2, 0) is 6.18 Å². The molecule has 2 heterocycles. The van der Waals surface area contributed by atoms with Gasteiger partial charge in [0.25, 0.3) is 0 Å². The third kappa shape index (κ3) is 7.16. The molecule has 0 aliphatic carbocycles. The van der Waals surface area contributed by atoms with E-state index in [0.29, 0.717) is 43.6 Å². The molecule has 0 N–H and O–H groups in total. The summed E-state index contributed by atoms with van der Waals surface area (Å²) in [4.78, 5) is 0. The van der Waals surface area contributed by atoms with E-state index in [1.54, 1.807) is 9.13 Å². The monoisotopic (exact) mass is 946 g/mol. The van der Waals surface area contributed by atoms with Gasteiger partial charge in [-0.05, 0) is 105 Å². The van der Waals surface area contributed by atoms with Crippen molar-refractivity contribution in [1.82, 2.24) is 9.13 Å². The fraction of sp³-hybridized carbons (Fsp3) is 0.0164. The summed E-state index contributed by atoms with van der Waals surface area (Å²) in [7, 11) is 0. The van der Waals surface area contributed by atoms with Crippen molar-refractivity contribution in [2.75, 3.05) is 0 Å². The summed E-state index contributed by atoms with van der Waals surface area (Å²) in [6, 6.07) is 62.8. The first-order chi connectivity index (χ1) is 34.4. The molecule has 0 saturated carbocycles. The molecule has 12 aromatic rings. The Hall–Kier alpha value is -8.76. The Balaban J connectivity index is 1.25. The highest BCUT2D eigenvalue weighted by Gasteiger charge is 2.39. The normalized spacial score (nSPS) is 11.9. The Morgan fingerprint density at radius 1 is 0.282 bits per heavy atom. The molecule has 71 heavy (non-hydrogen) atoms. The van der Waals surface area contributed by atoms with E-state index in [1.165, 1.54) is 0 Å². The van der Waals surface area contributed by atoms with Crippen molar-refractivity contribution in [3.05, 3.63) is 241 Å². The van der Waals surface area contributed by atoms with E-state index in [1.807, 2.05) is 194 Å². The second-order valence-electron chi connectivity index (χ2n) is 17.4. The molecule has 0 radical (unpaired) electrons. The molecule has 0 aliphatic heterocycles. The van der Waals surface area contributed by atoms with Crippen LogP contribution in [0.3, 0.4) is 0 Å². The third-order valence-electron chi connectivity index (χ3n) is 13.3. The molecule has 10 aromatic carbocycles. The summed E-state index contributed by atoms with van der Waals surface area (Å²) in [5.41, 5.74) is 4.23. The first kappa shape index (κ1) is 43.5. The summed E-state index contributed by atoms with van der Waals surface area (Å²) < 4.78 is 128. The van der Waals surface area contributed by atoms with Gasteiger partial charge in [0.2, 0.25) is 5.82 Å². The van der Waals surface area contributed by atoms with Crippen molar-refractivity contribution < 1.29 is 35.1 Å². The van der Waals surface area contributed by atoms with E-state index in [9.17, 15) is 4.39 Å². The molecule has 0 fully saturated rings. The zero-order valence-electron chi connectivity index (χ0n) is 37.0. The number of benzene rings is 10. The lowest BCUT2D eigenvalue weighted by Crippen LogP contribution is -2.14. The smallest absolute Gasteiger partial charge is 0.307 e. The fourth-order valence-corrected chi connectivity index (χ4v) is 10.0. The van der Waals surface area contributed by atoms with Gasteiger partial charge in [-0.1, -0.05) is 146 Å². The molecule has 12 rings (SSSR count). The predicted octanol–water partition coefficient (Wildman–Crippen LogP) is 17.9. The highest BCUT2D eigenvalue weighted by Crippen LogP contribution is 2.48. The average Bonchev–Trinajstić information content (AvgIpc) is 3.91. The Morgan fingerprint density at radius 3 is 0.859 bits per heavy atom. The van der Waals surface area contributed by atoms with Gasteiger partial charge in [0.15, 0.2) is 23.3 Å². The van der Waals surface area contributed by atoms with Crippen LogP contribution in [0, 0.1) is 29.1 Å². The van der Waals surface area contributed by atoms with Crippen molar-refractivity contribution in [1.29, 1.82) is 0 Å². The van der Waals surface area contributed by atoms with Gasteiger partial charge in [0, 0.05) is 27.1 Å². The highest BCUT2D eigenvalue weighted by molar-refractivity contribution is 6.14. The minimum absolute atomic E-state index is 0.0325. The van der Waals surface area contributed by atoms with E-state index >= 15 is 30.7 Å². The SMILES string of the molecule is Fc1c(F)c(F)c(-c2cc(-n3c4ccc(-c5ccccc5)cc4c4cc(-c5ccccc5)ccc43)c(-n3c4ccc(-c5ccccc5)cc4c4cc(-c5ccccc5)ccc43)cc2C(F)(F)F)c(F)c1F. The number of hydrogen-bond acceptors (Lipinski definition) is 0. The fourth-order valence-electron chi connectivity index (χ4n) is 10.0. The Bertz CT molecular complexity index is 3840. The van der Waals surface area contributed by atoms with Crippen LogP contribution in [0.4, 0.5) is 35.1 Å². The Kier molecular flexibility index (Phi) is 10.3. The number of hydrogen-bond donors (Lipinski definition) is 0. The number of rotatable bonds is 7. The highest BCUT2D eigenvalue weighted by atomic mass is 19.4. The second kappa shape index (κ2) is 16.7. The summed E-state index contributed by atoms with van der Waals surface area (Å²) in [6.45, 7) is 0. The van der Waals surface area contributed by atoms with Crippen molar-refractivity contribution in [2.45, 2.75) is 6.18 Å². The zero-order chi connectivity index (χ0) is 48.7. The van der Waals surface area contributed by atoms with Crippen molar-refractivity contribution in [2.24, 2.45) is 0 Å². The van der Waals surface area contributed by atoms with Crippen molar-refractivity contribution in [3.8, 4) is 67.0 Å². The largest absolute Gasteiger partial charge is 0.417 e. The van der Waals surface area contributed by atoms with E-state index in [-0.39, 0.29) is 11.4 Å². The van der Waals surface area contributed by atoms with Gasteiger partial charge < -0.3 is 9.13 Å². The van der Waals surface area contributed by atoms with E-state index in [4.69, 9.17) is 0 Å². The minimum Gasteiger partial charge on any atom is -0.307 e. The molecule has 0 aliphatic rings. The maximum absolute atomic E-state index is 16.1. The average molecular weight is 947 g/mol. The van der Waals surface area contributed by atoms with Gasteiger partial charge in [0.05, 0.1) is 44.6 Å². The standard InChI is InChI=1S/C61H34F8N2/c62-56-55(57(63)59(65)60(66)58(56)64)47-33-53(70-49-25-21-39(35-13-5-1-6-14-35)29-43(49)44-30-40(22-26-50(44)70)36-15-7-2-8-16-36)54(34-48(47)61(67,68)69)71-51-27-23-41(37-17-9-3-10-18-37)31-45(51)46-32-42(24-28-52(46)71)38-19-11-4-12-20-38/h1-34H. The molecule has 10 heteroatoms. The van der Waals surface area contributed by atoms with E-state index in [2.05, 4.69) is 0 Å². The zero-order valence-corrected chi connectivity index (χ0v) is 37.0. The molecule has 0 atom stereocenters. The minimum atomic E-state index is -5.38. The maximum Gasteiger partial charge on any atom is 0.417 e. The van der Waals surface area contributed by atoms with Crippen LogP contribution < -0.4 is 0 Å². The number of nitrogens with zero attached hydrogens (tertiary/aromatic N) is 2. The second-order valence-corrected chi connectivity index (χ2v) is 17.4. The molecule has 0 amide bonds. The molecular weight excluding hydrogens is 913 g/mol. The van der Waals surface area contributed by atoms with Crippen LogP contribution in [0.5, 0.6) is 0 Å². The Labute approximate surface area is 400 Å². The summed E-state index contributed by atoms with van der Waals surface area (Å²) in [6.07, 6.45) is -5.38. The van der Waals surface area contributed by atoms with Gasteiger partial charge in [0.1, 0.15) is 0 Å². The topological polar surface area (TPSA) is 9.86 Å². The molecule has 0 unspecified atom stereocenters. The number of fused-ring (bicyclic) bond motifs is 6. The van der Waals surface area contributed by atoms with Gasteiger partial charge in [-0.2, -0.15) is 13.2 Å². The number of aromatic nitrogens is 2. The van der Waals surface area contributed by atoms with Crippen LogP contribution in [0.25, 0.3) is 111 Å². The molecule has 0 spiro atoms. The quantitative estimate of drug-likeness (QED) is 0.0856. The molecule has 2 nitrogen and oxygen atoms in total. The lowest BCUT2D eigenvalue weighted by molar-refractivity contribution is -0.137. The lowest BCUT2D eigenvalue weighted by atomic mass is 9.95. The van der Waals surface area contributed by atoms with Crippen molar-refractivity contribution in [3.63, 3.8) is 0 Å². The molecule has 0 saturated heterocycles. The Morgan fingerprint density at radius 2 is 0.563 bits per heavy atom. The maximum atomic E-state index is 16.1.